The zero-order valence-corrected chi connectivity index (χ0v) is 13.0. The average Bonchev–Trinajstić information content (AvgIpc) is 2.52. The van der Waals surface area contributed by atoms with Gasteiger partial charge in [0.1, 0.15) is 24.2 Å². The number of aliphatic hydroxyl groups is 1. The maximum Gasteiger partial charge on any atom is 0.119 e. The maximum atomic E-state index is 10.0. The Hall–Kier alpha value is -1.26. The van der Waals surface area contributed by atoms with E-state index in [2.05, 4.69) is 12.2 Å². The molecule has 0 radical (unpaired) electrons. The van der Waals surface area contributed by atoms with Crippen molar-refractivity contribution < 1.29 is 14.6 Å². The Bertz CT molecular complexity index is 407. The molecule has 0 spiro atoms. The molecule has 1 aliphatic carbocycles. The van der Waals surface area contributed by atoms with Gasteiger partial charge in [0.25, 0.3) is 0 Å². The van der Waals surface area contributed by atoms with Crippen LogP contribution in [0, 0.1) is 5.92 Å². The minimum absolute atomic E-state index is 0.306. The fraction of sp³-hybridized carbons (Fsp3) is 0.647. The minimum Gasteiger partial charge on any atom is -0.497 e. The molecule has 1 aliphatic rings. The van der Waals surface area contributed by atoms with Crippen LogP contribution in [0.4, 0.5) is 0 Å². The van der Waals surface area contributed by atoms with Crippen molar-refractivity contribution in [2.75, 3.05) is 20.3 Å². The molecule has 3 atom stereocenters. The lowest BCUT2D eigenvalue weighted by Gasteiger charge is -2.30. The van der Waals surface area contributed by atoms with E-state index in [0.29, 0.717) is 25.1 Å². The second kappa shape index (κ2) is 8.25. The first-order chi connectivity index (χ1) is 10.2. The Morgan fingerprint density at radius 1 is 1.19 bits per heavy atom. The molecule has 0 aromatic heterocycles. The molecular weight excluding hydrogens is 266 g/mol. The fourth-order valence-electron chi connectivity index (χ4n) is 2.83. The molecule has 1 fully saturated rings. The number of hydrogen-bond donors (Lipinski definition) is 2. The van der Waals surface area contributed by atoms with Crippen LogP contribution in [-0.4, -0.2) is 37.5 Å². The van der Waals surface area contributed by atoms with Crippen LogP contribution in [0.15, 0.2) is 24.3 Å². The van der Waals surface area contributed by atoms with Crippen molar-refractivity contribution in [1.29, 1.82) is 0 Å². The quantitative estimate of drug-likeness (QED) is 0.811. The van der Waals surface area contributed by atoms with E-state index in [1.54, 1.807) is 7.11 Å². The molecule has 1 saturated carbocycles. The van der Waals surface area contributed by atoms with Gasteiger partial charge in [0.15, 0.2) is 0 Å². The van der Waals surface area contributed by atoms with Crippen molar-refractivity contribution in [2.45, 2.75) is 44.8 Å². The van der Waals surface area contributed by atoms with Gasteiger partial charge in [0.05, 0.1) is 7.11 Å². The van der Waals surface area contributed by atoms with E-state index in [-0.39, 0.29) is 0 Å². The predicted octanol–water partition coefficient (Wildman–Crippen LogP) is 2.60. The Morgan fingerprint density at radius 3 is 2.52 bits per heavy atom. The van der Waals surface area contributed by atoms with E-state index in [9.17, 15) is 5.11 Å². The summed E-state index contributed by atoms with van der Waals surface area (Å²) in [7, 11) is 1.64. The molecule has 0 amide bonds. The van der Waals surface area contributed by atoms with Gasteiger partial charge in [-0.25, -0.2) is 0 Å². The number of methoxy groups -OCH3 is 1. The molecule has 0 heterocycles. The highest BCUT2D eigenvalue weighted by Gasteiger charge is 2.21. The van der Waals surface area contributed by atoms with Crippen molar-refractivity contribution in [3.63, 3.8) is 0 Å². The van der Waals surface area contributed by atoms with Gasteiger partial charge in [-0.15, -0.1) is 0 Å². The lowest BCUT2D eigenvalue weighted by Crippen LogP contribution is -2.42. The first kappa shape index (κ1) is 16.1. The van der Waals surface area contributed by atoms with Crippen LogP contribution in [0.2, 0.25) is 0 Å². The molecule has 4 heteroatoms. The van der Waals surface area contributed by atoms with E-state index in [0.717, 1.165) is 11.5 Å². The van der Waals surface area contributed by atoms with Crippen LogP contribution >= 0.6 is 0 Å². The van der Waals surface area contributed by atoms with Crippen LogP contribution < -0.4 is 14.8 Å². The largest absolute Gasteiger partial charge is 0.497 e. The Balaban J connectivity index is 1.67. The number of nitrogens with one attached hydrogen (secondary N) is 1. The van der Waals surface area contributed by atoms with Gasteiger partial charge in [-0.1, -0.05) is 19.8 Å². The molecule has 0 bridgehead atoms. The summed E-state index contributed by atoms with van der Waals surface area (Å²) in [6.45, 7) is 3.18. The van der Waals surface area contributed by atoms with Crippen LogP contribution in [0.1, 0.15) is 32.6 Å². The summed E-state index contributed by atoms with van der Waals surface area (Å²) in [4.78, 5) is 0. The van der Waals surface area contributed by atoms with Crippen LogP contribution in [0.3, 0.4) is 0 Å². The Kier molecular flexibility index (Phi) is 6.33. The van der Waals surface area contributed by atoms with Crippen molar-refractivity contribution in [2.24, 2.45) is 5.92 Å². The first-order valence-electron chi connectivity index (χ1n) is 7.87. The summed E-state index contributed by atoms with van der Waals surface area (Å²) < 4.78 is 10.7. The van der Waals surface area contributed by atoms with Gasteiger partial charge in [-0.05, 0) is 43.0 Å². The highest BCUT2D eigenvalue weighted by atomic mass is 16.5. The summed E-state index contributed by atoms with van der Waals surface area (Å²) >= 11 is 0. The molecule has 1 aromatic rings. The van der Waals surface area contributed by atoms with Gasteiger partial charge < -0.3 is 19.9 Å². The number of benzene rings is 1. The highest BCUT2D eigenvalue weighted by molar-refractivity contribution is 5.31. The normalized spacial score (nSPS) is 23.6. The third-order valence-corrected chi connectivity index (χ3v) is 4.23. The summed E-state index contributed by atoms with van der Waals surface area (Å²) in [5, 5.41) is 13.5. The molecule has 0 aliphatic heterocycles. The van der Waals surface area contributed by atoms with Crippen LogP contribution in [-0.2, 0) is 0 Å². The Labute approximate surface area is 127 Å². The number of aliphatic hydroxyl groups excluding tert-OH is 1. The lowest BCUT2D eigenvalue weighted by atomic mass is 9.86. The summed E-state index contributed by atoms with van der Waals surface area (Å²) in [6.07, 6.45) is 4.65. The maximum absolute atomic E-state index is 10.0. The molecular formula is C17H27NO3. The van der Waals surface area contributed by atoms with E-state index in [4.69, 9.17) is 9.47 Å². The molecule has 4 nitrogen and oxygen atoms in total. The summed E-state index contributed by atoms with van der Waals surface area (Å²) in [5.41, 5.74) is 0. The number of ether oxygens (including phenoxy) is 2. The van der Waals surface area contributed by atoms with Crippen molar-refractivity contribution in [1.82, 2.24) is 5.32 Å². The Morgan fingerprint density at radius 2 is 1.86 bits per heavy atom. The molecule has 2 rings (SSSR count). The first-order valence-corrected chi connectivity index (χ1v) is 7.87. The highest BCUT2D eigenvalue weighted by Crippen LogP contribution is 2.23. The van der Waals surface area contributed by atoms with Crippen molar-refractivity contribution >= 4 is 0 Å². The van der Waals surface area contributed by atoms with E-state index in [1.165, 1.54) is 25.7 Å². The number of hydrogen-bond acceptors (Lipinski definition) is 4. The van der Waals surface area contributed by atoms with Crippen LogP contribution in [0.5, 0.6) is 11.5 Å². The molecule has 3 unspecified atom stereocenters. The monoisotopic (exact) mass is 293 g/mol. The van der Waals surface area contributed by atoms with E-state index in [1.807, 2.05) is 24.3 Å². The van der Waals surface area contributed by atoms with Gasteiger partial charge >= 0.3 is 0 Å². The summed E-state index contributed by atoms with van der Waals surface area (Å²) in [6, 6.07) is 7.94. The van der Waals surface area contributed by atoms with Crippen molar-refractivity contribution in [3.05, 3.63) is 24.3 Å². The fourth-order valence-corrected chi connectivity index (χ4v) is 2.83. The van der Waals surface area contributed by atoms with Gasteiger partial charge in [0.2, 0.25) is 0 Å². The zero-order valence-electron chi connectivity index (χ0n) is 13.0. The SMILES string of the molecule is COc1ccc(OCC(O)CNC2CCCCC2C)cc1. The van der Waals surface area contributed by atoms with Crippen LogP contribution in [0.25, 0.3) is 0 Å². The molecule has 0 saturated heterocycles. The molecule has 118 valence electrons. The zero-order chi connectivity index (χ0) is 15.1. The summed E-state index contributed by atoms with van der Waals surface area (Å²) in [5.74, 6) is 2.25. The second-order valence-electron chi connectivity index (χ2n) is 5.92. The smallest absolute Gasteiger partial charge is 0.119 e. The minimum atomic E-state index is -0.485. The molecule has 21 heavy (non-hydrogen) atoms. The van der Waals surface area contributed by atoms with Crippen molar-refractivity contribution in [3.8, 4) is 11.5 Å². The second-order valence-corrected chi connectivity index (χ2v) is 5.92. The standard InChI is InChI=1S/C17H27NO3/c1-13-5-3-4-6-17(13)18-11-14(19)12-21-16-9-7-15(20-2)8-10-16/h7-10,13-14,17-19H,3-6,11-12H2,1-2H3. The topological polar surface area (TPSA) is 50.7 Å². The predicted molar refractivity (Wildman–Crippen MR) is 83.9 cm³/mol. The van der Waals surface area contributed by atoms with E-state index >= 15 is 0 Å². The van der Waals surface area contributed by atoms with Gasteiger partial charge in [-0.2, -0.15) is 0 Å². The van der Waals surface area contributed by atoms with Gasteiger partial charge in [-0.3, -0.25) is 0 Å². The number of rotatable bonds is 7. The third kappa shape index (κ3) is 5.21. The van der Waals surface area contributed by atoms with E-state index < -0.39 is 6.10 Å². The third-order valence-electron chi connectivity index (χ3n) is 4.23. The average molecular weight is 293 g/mol. The molecule has 1 aromatic carbocycles. The molecule has 2 N–H and O–H groups in total. The lowest BCUT2D eigenvalue weighted by molar-refractivity contribution is 0.0984. The van der Waals surface area contributed by atoms with Gasteiger partial charge in [0, 0.05) is 12.6 Å².